The van der Waals surface area contributed by atoms with E-state index in [0.717, 1.165) is 28.6 Å². The van der Waals surface area contributed by atoms with Gasteiger partial charge in [-0.25, -0.2) is 0 Å². The summed E-state index contributed by atoms with van der Waals surface area (Å²) < 4.78 is 5.62. The zero-order valence-corrected chi connectivity index (χ0v) is 20.0. The highest BCUT2D eigenvalue weighted by molar-refractivity contribution is 7.80. The Bertz CT molecular complexity index is 1290. The van der Waals surface area contributed by atoms with Gasteiger partial charge in [0.15, 0.2) is 5.11 Å². The topological polar surface area (TPSA) is 70.2 Å². The molecule has 174 valence electrons. The smallest absolute Gasteiger partial charge is 0.253 e. The number of aromatic amines is 1. The van der Waals surface area contributed by atoms with Gasteiger partial charge in [-0.05, 0) is 67.0 Å². The van der Waals surface area contributed by atoms with Crippen LogP contribution in [0.25, 0.3) is 10.9 Å². The summed E-state index contributed by atoms with van der Waals surface area (Å²) in [6.07, 6.45) is 4.42. The fraction of sp³-hybridized carbons (Fsp3) is 0.222. The van der Waals surface area contributed by atoms with Crippen LogP contribution in [0.5, 0.6) is 5.75 Å². The van der Waals surface area contributed by atoms with Crippen LogP contribution in [-0.2, 0) is 19.5 Å². The summed E-state index contributed by atoms with van der Waals surface area (Å²) in [5, 5.41) is 4.88. The Hall–Kier alpha value is -3.71. The van der Waals surface area contributed by atoms with Crippen LogP contribution >= 0.6 is 12.2 Å². The summed E-state index contributed by atoms with van der Waals surface area (Å²) in [4.78, 5) is 22.1. The van der Waals surface area contributed by atoms with Crippen LogP contribution < -0.4 is 15.6 Å². The number of nitrogens with one attached hydrogen (secondary N) is 2. The third-order valence-corrected chi connectivity index (χ3v) is 5.88. The van der Waals surface area contributed by atoms with Crippen molar-refractivity contribution in [3.63, 3.8) is 0 Å². The Balaban J connectivity index is 1.54. The molecular weight excluding hydrogens is 444 g/mol. The van der Waals surface area contributed by atoms with E-state index < -0.39 is 0 Å². The first-order valence-corrected chi connectivity index (χ1v) is 11.8. The summed E-state index contributed by atoms with van der Waals surface area (Å²) in [6.45, 7) is 4.16. The molecule has 0 aliphatic heterocycles. The van der Waals surface area contributed by atoms with E-state index in [-0.39, 0.29) is 5.56 Å². The van der Waals surface area contributed by atoms with E-state index in [1.807, 2.05) is 72.6 Å². The quantitative estimate of drug-likeness (QED) is 0.351. The second kappa shape index (κ2) is 11.4. The molecule has 2 heterocycles. The predicted octanol–water partition coefficient (Wildman–Crippen LogP) is 4.44. The summed E-state index contributed by atoms with van der Waals surface area (Å²) >= 11 is 5.75. The van der Waals surface area contributed by atoms with Crippen LogP contribution in [0.2, 0.25) is 0 Å². The molecule has 0 radical (unpaired) electrons. The maximum Gasteiger partial charge on any atom is 0.253 e. The van der Waals surface area contributed by atoms with Gasteiger partial charge < -0.3 is 19.9 Å². The second-order valence-electron chi connectivity index (χ2n) is 7.99. The van der Waals surface area contributed by atoms with Crippen molar-refractivity contribution in [1.29, 1.82) is 0 Å². The summed E-state index contributed by atoms with van der Waals surface area (Å²) in [6, 6.07) is 21.8. The van der Waals surface area contributed by atoms with Crippen molar-refractivity contribution in [3.05, 3.63) is 106 Å². The van der Waals surface area contributed by atoms with Gasteiger partial charge in [0.25, 0.3) is 5.56 Å². The Labute approximate surface area is 204 Å². The summed E-state index contributed by atoms with van der Waals surface area (Å²) in [7, 11) is 0. The minimum atomic E-state index is -0.125. The first-order valence-electron chi connectivity index (χ1n) is 11.4. The molecular formula is C27H28N4O2S. The van der Waals surface area contributed by atoms with E-state index in [0.29, 0.717) is 36.9 Å². The van der Waals surface area contributed by atoms with Gasteiger partial charge in [0.05, 0.1) is 13.2 Å². The number of fused-ring (bicyclic) bond motifs is 1. The van der Waals surface area contributed by atoms with Gasteiger partial charge in [-0.15, -0.1) is 0 Å². The minimum absolute atomic E-state index is 0.125. The highest BCUT2D eigenvalue weighted by atomic mass is 32.1. The zero-order valence-electron chi connectivity index (χ0n) is 19.2. The lowest BCUT2D eigenvalue weighted by molar-refractivity contribution is 0.340. The van der Waals surface area contributed by atoms with Gasteiger partial charge in [-0.3, -0.25) is 9.78 Å². The lowest BCUT2D eigenvalue weighted by Crippen LogP contribution is -2.40. The van der Waals surface area contributed by atoms with E-state index in [1.54, 1.807) is 6.20 Å². The molecule has 0 atom stereocenters. The Morgan fingerprint density at radius 2 is 1.88 bits per heavy atom. The van der Waals surface area contributed by atoms with Crippen molar-refractivity contribution < 1.29 is 4.74 Å². The molecule has 4 aromatic rings. The third-order valence-electron chi connectivity index (χ3n) is 5.48. The van der Waals surface area contributed by atoms with E-state index in [1.165, 1.54) is 5.56 Å². The van der Waals surface area contributed by atoms with Crippen molar-refractivity contribution in [2.24, 2.45) is 0 Å². The number of H-pyrrole nitrogens is 1. The van der Waals surface area contributed by atoms with Crippen molar-refractivity contribution in [2.45, 2.75) is 26.4 Å². The molecule has 0 aliphatic rings. The number of ether oxygens (including phenoxy) is 1. The first kappa shape index (κ1) is 23.4. The molecule has 7 heteroatoms. The van der Waals surface area contributed by atoms with Gasteiger partial charge in [-0.2, -0.15) is 0 Å². The van der Waals surface area contributed by atoms with Crippen LogP contribution in [0, 0.1) is 0 Å². The summed E-state index contributed by atoms with van der Waals surface area (Å²) in [5.74, 6) is 0.776. The van der Waals surface area contributed by atoms with Crippen molar-refractivity contribution in [1.82, 2.24) is 20.2 Å². The highest BCUT2D eigenvalue weighted by Crippen LogP contribution is 2.20. The standard InChI is InChI=1S/C27H28N4O2S/c1-2-33-24-10-11-25-22(16-24)15-23(26(32)30-25)19-31(18-21-9-6-13-28-17-21)27(34)29-14-12-20-7-4-3-5-8-20/h3-11,13,15-17H,2,12,14,18-19H2,1H3,(H,29,34)(H,30,32). The molecule has 0 aliphatic carbocycles. The van der Waals surface area contributed by atoms with Crippen molar-refractivity contribution in [2.75, 3.05) is 13.2 Å². The molecule has 0 fully saturated rings. The minimum Gasteiger partial charge on any atom is -0.494 e. The maximum atomic E-state index is 12.9. The molecule has 0 saturated carbocycles. The number of thiocarbonyl (C=S) groups is 1. The van der Waals surface area contributed by atoms with Crippen LogP contribution in [-0.4, -0.2) is 33.1 Å². The van der Waals surface area contributed by atoms with Gasteiger partial charge in [-0.1, -0.05) is 36.4 Å². The number of hydrogen-bond donors (Lipinski definition) is 2. The molecule has 0 bridgehead atoms. The van der Waals surface area contributed by atoms with Gasteiger partial charge in [0, 0.05) is 41.9 Å². The van der Waals surface area contributed by atoms with E-state index in [4.69, 9.17) is 17.0 Å². The number of pyridine rings is 2. The molecule has 2 N–H and O–H groups in total. The van der Waals surface area contributed by atoms with E-state index >= 15 is 0 Å². The highest BCUT2D eigenvalue weighted by Gasteiger charge is 2.14. The lowest BCUT2D eigenvalue weighted by atomic mass is 10.1. The largest absolute Gasteiger partial charge is 0.494 e. The zero-order chi connectivity index (χ0) is 23.8. The molecule has 4 rings (SSSR count). The SMILES string of the molecule is CCOc1ccc2[nH]c(=O)c(CN(Cc3cccnc3)C(=S)NCCc3ccccc3)cc2c1. The molecule has 2 aromatic heterocycles. The van der Waals surface area contributed by atoms with E-state index in [9.17, 15) is 4.79 Å². The van der Waals surface area contributed by atoms with Crippen molar-refractivity contribution >= 4 is 28.2 Å². The number of rotatable bonds is 9. The second-order valence-corrected chi connectivity index (χ2v) is 8.38. The Kier molecular flexibility index (Phi) is 7.88. The maximum absolute atomic E-state index is 12.9. The van der Waals surface area contributed by atoms with Gasteiger partial charge in [0.2, 0.25) is 0 Å². The Morgan fingerprint density at radius 3 is 2.65 bits per heavy atom. The number of benzene rings is 2. The van der Waals surface area contributed by atoms with E-state index in [2.05, 4.69) is 27.4 Å². The lowest BCUT2D eigenvalue weighted by Gasteiger charge is -2.26. The van der Waals surface area contributed by atoms with Gasteiger partial charge >= 0.3 is 0 Å². The number of hydrogen-bond acceptors (Lipinski definition) is 4. The average molecular weight is 473 g/mol. The fourth-order valence-corrected chi connectivity index (χ4v) is 4.02. The summed E-state index contributed by atoms with van der Waals surface area (Å²) in [5.41, 5.74) is 3.55. The van der Waals surface area contributed by atoms with Crippen LogP contribution in [0.1, 0.15) is 23.6 Å². The molecule has 34 heavy (non-hydrogen) atoms. The molecule has 0 unspecified atom stereocenters. The predicted molar refractivity (Wildman–Crippen MR) is 140 cm³/mol. The molecule has 0 amide bonds. The average Bonchev–Trinajstić information content (AvgIpc) is 2.85. The third kappa shape index (κ3) is 6.20. The normalized spacial score (nSPS) is 10.7. The molecule has 0 spiro atoms. The van der Waals surface area contributed by atoms with Crippen molar-refractivity contribution in [3.8, 4) is 5.75 Å². The number of aromatic nitrogens is 2. The molecule has 2 aromatic carbocycles. The molecule has 6 nitrogen and oxygen atoms in total. The van der Waals surface area contributed by atoms with Crippen LogP contribution in [0.15, 0.2) is 83.9 Å². The molecule has 0 saturated heterocycles. The van der Waals surface area contributed by atoms with Gasteiger partial charge in [0.1, 0.15) is 5.75 Å². The monoisotopic (exact) mass is 472 g/mol. The number of nitrogens with zero attached hydrogens (tertiary/aromatic N) is 2. The Morgan fingerprint density at radius 1 is 1.06 bits per heavy atom. The van der Waals surface area contributed by atoms with Crippen LogP contribution in [0.4, 0.5) is 0 Å². The fourth-order valence-electron chi connectivity index (χ4n) is 3.79. The van der Waals surface area contributed by atoms with Crippen LogP contribution in [0.3, 0.4) is 0 Å². The first-order chi connectivity index (χ1) is 16.6.